The fraction of sp³-hybridized carbons (Fsp3) is 0.476. The number of imide groups is 1. The number of carbonyl (C=O) groups is 3. The van der Waals surface area contributed by atoms with E-state index in [0.717, 1.165) is 11.3 Å². The summed E-state index contributed by atoms with van der Waals surface area (Å²) >= 11 is 6.04. The lowest BCUT2D eigenvalue weighted by Gasteiger charge is -2.37. The van der Waals surface area contributed by atoms with Crippen molar-refractivity contribution in [1.82, 2.24) is 4.90 Å². The van der Waals surface area contributed by atoms with Gasteiger partial charge < -0.3 is 0 Å². The first-order valence-corrected chi connectivity index (χ1v) is 10.2. The average Bonchev–Trinajstić information content (AvgIpc) is 3.47. The highest BCUT2D eigenvalue weighted by molar-refractivity contribution is 6.31. The van der Waals surface area contributed by atoms with Crippen LogP contribution >= 0.6 is 11.6 Å². The summed E-state index contributed by atoms with van der Waals surface area (Å²) in [6, 6.07) is 4.04. The summed E-state index contributed by atoms with van der Waals surface area (Å²) in [6.45, 7) is 0.894. The Morgan fingerprint density at radius 3 is 2.20 bits per heavy atom. The van der Waals surface area contributed by atoms with Crippen molar-refractivity contribution >= 4 is 35.0 Å². The molecule has 30 heavy (non-hydrogen) atoms. The van der Waals surface area contributed by atoms with Crippen LogP contribution in [-0.4, -0.2) is 35.5 Å². The normalized spacial score (nSPS) is 33.6. The van der Waals surface area contributed by atoms with Crippen molar-refractivity contribution < 1.29 is 27.6 Å². The van der Waals surface area contributed by atoms with Gasteiger partial charge in [-0.25, -0.2) is 0 Å². The first-order chi connectivity index (χ1) is 14.1. The van der Waals surface area contributed by atoms with E-state index < -0.39 is 42.4 Å². The van der Waals surface area contributed by atoms with Crippen LogP contribution in [0.1, 0.15) is 12.0 Å². The van der Waals surface area contributed by atoms with Gasteiger partial charge in [0.25, 0.3) is 0 Å². The maximum atomic E-state index is 13.3. The molecule has 0 aromatic heterocycles. The van der Waals surface area contributed by atoms with E-state index in [1.165, 1.54) is 18.2 Å². The number of alkyl halides is 3. The molecule has 0 spiro atoms. The Bertz CT molecular complexity index is 972. The molecule has 1 aromatic rings. The zero-order valence-corrected chi connectivity index (χ0v) is 16.7. The van der Waals surface area contributed by atoms with E-state index in [4.69, 9.17) is 11.6 Å². The molecule has 1 heterocycles. The summed E-state index contributed by atoms with van der Waals surface area (Å²) in [6.07, 6.45) is -0.227. The van der Waals surface area contributed by atoms with Crippen LogP contribution < -0.4 is 4.90 Å². The lowest BCUT2D eigenvalue weighted by atomic mass is 9.63. The number of rotatable bonds is 3. The molecule has 9 heteroatoms. The van der Waals surface area contributed by atoms with Gasteiger partial charge in [0.2, 0.25) is 11.8 Å². The van der Waals surface area contributed by atoms with Gasteiger partial charge in [0, 0.05) is 10.7 Å². The smallest absolute Gasteiger partial charge is 0.286 e. The Morgan fingerprint density at radius 1 is 1.13 bits per heavy atom. The molecule has 5 nitrogen and oxygen atoms in total. The van der Waals surface area contributed by atoms with Crippen LogP contribution in [-0.2, 0) is 14.4 Å². The summed E-state index contributed by atoms with van der Waals surface area (Å²) in [7, 11) is 0. The zero-order valence-electron chi connectivity index (χ0n) is 15.9. The van der Waals surface area contributed by atoms with Crippen LogP contribution in [0.25, 0.3) is 0 Å². The predicted octanol–water partition coefficient (Wildman–Crippen LogP) is 3.55. The van der Waals surface area contributed by atoms with Crippen molar-refractivity contribution in [2.45, 2.75) is 19.5 Å². The van der Waals surface area contributed by atoms with E-state index in [2.05, 4.69) is 0 Å². The van der Waals surface area contributed by atoms with Crippen LogP contribution in [0.5, 0.6) is 0 Å². The van der Waals surface area contributed by atoms with Crippen molar-refractivity contribution in [2.75, 3.05) is 11.6 Å². The molecule has 4 aliphatic carbocycles. The highest BCUT2D eigenvalue weighted by atomic mass is 35.5. The molecule has 6 rings (SSSR count). The molecule has 158 valence electrons. The third-order valence-corrected chi connectivity index (χ3v) is 7.40. The van der Waals surface area contributed by atoms with Gasteiger partial charge in [-0.15, -0.1) is 0 Å². The number of allylic oxidation sites excluding steroid dienone is 2. The van der Waals surface area contributed by atoms with Gasteiger partial charge in [0.05, 0.1) is 11.8 Å². The minimum Gasteiger partial charge on any atom is -0.286 e. The Balaban J connectivity index is 1.48. The molecule has 1 saturated heterocycles. The summed E-state index contributed by atoms with van der Waals surface area (Å²) in [5, 5.41) is 0.183. The number of carbonyl (C=O) groups excluding carboxylic acids is 3. The van der Waals surface area contributed by atoms with Crippen molar-refractivity contribution in [3.05, 3.63) is 40.9 Å². The number of halogens is 4. The molecule has 1 aliphatic heterocycles. The van der Waals surface area contributed by atoms with E-state index in [1.54, 1.807) is 6.92 Å². The molecule has 1 aromatic carbocycles. The minimum absolute atomic E-state index is 0.0490. The lowest BCUT2D eigenvalue weighted by molar-refractivity contribution is -0.171. The van der Waals surface area contributed by atoms with E-state index in [0.29, 0.717) is 22.3 Å². The number of anilines is 1. The summed E-state index contributed by atoms with van der Waals surface area (Å²) in [5.41, 5.74) is 0.508. The fourth-order valence-corrected chi connectivity index (χ4v) is 5.64. The highest BCUT2D eigenvalue weighted by Crippen LogP contribution is 2.65. The van der Waals surface area contributed by atoms with Crippen molar-refractivity contribution in [2.24, 2.45) is 35.5 Å². The fourth-order valence-electron chi connectivity index (χ4n) is 5.47. The number of likely N-dealkylation sites (tertiary alicyclic amines) is 1. The van der Waals surface area contributed by atoms with Crippen molar-refractivity contribution in [3.8, 4) is 0 Å². The highest BCUT2D eigenvalue weighted by Gasteiger charge is 2.67. The van der Waals surface area contributed by atoms with Crippen molar-refractivity contribution in [1.29, 1.82) is 0 Å². The SMILES string of the molecule is Cc1ccc(N(CN2C(=O)[C@@H]3[C@@H]4C=C[C@H]([C@H]5C[C@@H]45)[C@@H]3C2=O)C(=O)C(F)(F)F)cc1Cl. The molecule has 3 fully saturated rings. The minimum atomic E-state index is -5.17. The van der Waals surface area contributed by atoms with Gasteiger partial charge in [-0.1, -0.05) is 29.8 Å². The van der Waals surface area contributed by atoms with Crippen LogP contribution in [0.15, 0.2) is 30.4 Å². The Hall–Kier alpha value is -2.35. The van der Waals surface area contributed by atoms with Crippen LogP contribution in [0, 0.1) is 42.4 Å². The topological polar surface area (TPSA) is 57.7 Å². The molecule has 2 saturated carbocycles. The van der Waals surface area contributed by atoms with Crippen molar-refractivity contribution in [3.63, 3.8) is 0 Å². The molecule has 0 radical (unpaired) electrons. The molecule has 3 amide bonds. The van der Waals surface area contributed by atoms with E-state index in [9.17, 15) is 27.6 Å². The van der Waals surface area contributed by atoms with Crippen LogP contribution in [0.3, 0.4) is 0 Å². The first kappa shape index (κ1) is 19.6. The predicted molar refractivity (Wildman–Crippen MR) is 101 cm³/mol. The Morgan fingerprint density at radius 2 is 1.70 bits per heavy atom. The molecule has 0 unspecified atom stereocenters. The van der Waals surface area contributed by atoms with Gasteiger partial charge >= 0.3 is 12.1 Å². The first-order valence-electron chi connectivity index (χ1n) is 9.78. The second-order valence-electron chi connectivity index (χ2n) is 8.56. The Labute approximate surface area is 175 Å². The monoisotopic (exact) mass is 438 g/mol. The average molecular weight is 439 g/mol. The number of aryl methyl sites for hydroxylation is 1. The zero-order chi connectivity index (χ0) is 21.5. The molecule has 6 atom stereocenters. The third kappa shape index (κ3) is 2.72. The summed E-state index contributed by atoms with van der Waals surface area (Å²) < 4.78 is 39.9. The number of nitrogens with zero attached hydrogens (tertiary/aromatic N) is 2. The van der Waals surface area contributed by atoms with Crippen LogP contribution in [0.4, 0.5) is 18.9 Å². The summed E-state index contributed by atoms with van der Waals surface area (Å²) in [5.74, 6) is -3.56. The van der Waals surface area contributed by atoms with Gasteiger partial charge in [-0.2, -0.15) is 13.2 Å². The quantitative estimate of drug-likeness (QED) is 0.535. The lowest BCUT2D eigenvalue weighted by Crippen LogP contribution is -2.49. The molecule has 0 N–H and O–H groups in total. The molecular formula is C21H18ClF3N2O3. The van der Waals surface area contributed by atoms with Gasteiger partial charge in [-0.05, 0) is 54.7 Å². The summed E-state index contributed by atoms with van der Waals surface area (Å²) in [4.78, 5) is 39.6. The number of amides is 3. The molecular weight excluding hydrogens is 421 g/mol. The molecule has 5 aliphatic rings. The maximum Gasteiger partial charge on any atom is 0.471 e. The van der Waals surface area contributed by atoms with Gasteiger partial charge in [-0.3, -0.25) is 24.2 Å². The Kier molecular flexibility index (Phi) is 4.13. The van der Waals surface area contributed by atoms with Gasteiger partial charge in [0.1, 0.15) is 6.67 Å². The second kappa shape index (κ2) is 6.33. The number of benzene rings is 1. The largest absolute Gasteiger partial charge is 0.471 e. The third-order valence-electron chi connectivity index (χ3n) is 6.99. The van der Waals surface area contributed by atoms with E-state index in [1.807, 2.05) is 12.2 Å². The number of hydrogen-bond acceptors (Lipinski definition) is 3. The van der Waals surface area contributed by atoms with Gasteiger partial charge in [0.15, 0.2) is 0 Å². The number of hydrogen-bond donors (Lipinski definition) is 0. The van der Waals surface area contributed by atoms with Crippen LogP contribution in [0.2, 0.25) is 5.02 Å². The van der Waals surface area contributed by atoms with E-state index >= 15 is 0 Å². The second-order valence-corrected chi connectivity index (χ2v) is 8.97. The standard InChI is InChI=1S/C21H18ClF3N2O3/c1-9-2-3-10(6-15(9)22)26(20(30)21(23,24)25)8-27-18(28)16-11-4-5-12(14-7-13(11)14)17(16)19(27)29/h2-6,11-14,16-17H,7-8H2,1H3/t11-,12-,13-,14+,16+,17-/m1/s1. The van der Waals surface area contributed by atoms with E-state index in [-0.39, 0.29) is 22.5 Å². The molecule has 2 bridgehead atoms. The maximum absolute atomic E-state index is 13.3.